The van der Waals surface area contributed by atoms with Crippen LogP contribution in [-0.2, 0) is 14.4 Å². The van der Waals surface area contributed by atoms with Crippen LogP contribution in [0.3, 0.4) is 0 Å². The Labute approximate surface area is 71.1 Å². The highest BCUT2D eigenvalue weighted by Crippen LogP contribution is 2.22. The second-order valence-electron chi connectivity index (χ2n) is 3.18. The highest BCUT2D eigenvalue weighted by atomic mass is 16.2. The Balaban J connectivity index is 2.48. The lowest BCUT2D eigenvalue weighted by atomic mass is 9.99. The van der Waals surface area contributed by atoms with E-state index in [0.29, 0.717) is 6.42 Å². The maximum atomic E-state index is 11.1. The molecule has 66 valence electrons. The first-order valence-corrected chi connectivity index (χ1v) is 4.19. The van der Waals surface area contributed by atoms with E-state index >= 15 is 0 Å². The Bertz CT molecular complexity index is 230. The molecule has 0 radical (unpaired) electrons. The number of ketones is 3. The summed E-state index contributed by atoms with van der Waals surface area (Å²) in [4.78, 5) is 32.8. The highest BCUT2D eigenvalue weighted by molar-refractivity contribution is 6.08. The van der Waals surface area contributed by atoms with Crippen molar-refractivity contribution in [3.05, 3.63) is 0 Å². The molecule has 0 aliphatic heterocycles. The smallest absolute Gasteiger partial charge is 0.144 e. The summed E-state index contributed by atoms with van der Waals surface area (Å²) in [7, 11) is 0. The van der Waals surface area contributed by atoms with Gasteiger partial charge in [0.1, 0.15) is 17.3 Å². The molecule has 0 aromatic rings. The summed E-state index contributed by atoms with van der Waals surface area (Å²) in [5.74, 6) is -0.302. The Morgan fingerprint density at radius 1 is 1.50 bits per heavy atom. The molecule has 1 fully saturated rings. The van der Waals surface area contributed by atoms with E-state index in [4.69, 9.17) is 0 Å². The molecule has 0 spiro atoms. The number of hydrogen-bond donors (Lipinski definition) is 0. The second kappa shape index (κ2) is 3.61. The zero-order chi connectivity index (χ0) is 9.14. The maximum Gasteiger partial charge on any atom is 0.144 e. The van der Waals surface area contributed by atoms with E-state index in [1.807, 2.05) is 0 Å². The van der Waals surface area contributed by atoms with Crippen LogP contribution in [0.5, 0.6) is 0 Å². The van der Waals surface area contributed by atoms with E-state index in [1.54, 1.807) is 6.92 Å². The standard InChI is InChI=1S/C9H12O3/c1-2-7(10)3-6-4-8(11)5-9(6)12/h6H,2-5H2,1H3. The predicted octanol–water partition coefficient (Wildman–Crippen LogP) is 0.904. The molecule has 0 N–H and O–H groups in total. The summed E-state index contributed by atoms with van der Waals surface area (Å²) < 4.78 is 0. The molecule has 0 saturated heterocycles. The van der Waals surface area contributed by atoms with E-state index < -0.39 is 0 Å². The molecule has 3 heteroatoms. The first-order valence-electron chi connectivity index (χ1n) is 4.19. The minimum atomic E-state index is -0.301. The lowest BCUT2D eigenvalue weighted by Gasteiger charge is -2.02. The molecular weight excluding hydrogens is 156 g/mol. The summed E-state index contributed by atoms with van der Waals surface area (Å²) in [6.45, 7) is 1.77. The van der Waals surface area contributed by atoms with Gasteiger partial charge in [0.05, 0.1) is 6.42 Å². The zero-order valence-corrected chi connectivity index (χ0v) is 7.13. The third-order valence-corrected chi connectivity index (χ3v) is 2.17. The van der Waals surface area contributed by atoms with Crippen LogP contribution in [0, 0.1) is 5.92 Å². The van der Waals surface area contributed by atoms with Crippen molar-refractivity contribution >= 4 is 17.3 Å². The van der Waals surface area contributed by atoms with Gasteiger partial charge in [-0.2, -0.15) is 0 Å². The summed E-state index contributed by atoms with van der Waals surface area (Å²) in [5, 5.41) is 0. The maximum absolute atomic E-state index is 11.1. The summed E-state index contributed by atoms with van der Waals surface area (Å²) in [6, 6.07) is 0. The molecule has 3 nitrogen and oxygen atoms in total. The molecule has 1 saturated carbocycles. The lowest BCUT2D eigenvalue weighted by Crippen LogP contribution is -2.11. The number of Topliss-reactive ketones (excluding diaryl/α,β-unsaturated/α-hetero) is 3. The van der Waals surface area contributed by atoms with E-state index in [2.05, 4.69) is 0 Å². The summed E-state index contributed by atoms with van der Waals surface area (Å²) in [5.41, 5.74) is 0. The average Bonchev–Trinajstić information content (AvgIpc) is 2.30. The fourth-order valence-corrected chi connectivity index (χ4v) is 1.40. The molecular formula is C9H12O3. The molecule has 1 atom stereocenters. The van der Waals surface area contributed by atoms with Crippen LogP contribution in [-0.4, -0.2) is 17.3 Å². The molecule has 1 aliphatic carbocycles. The van der Waals surface area contributed by atoms with Crippen molar-refractivity contribution in [2.45, 2.75) is 32.6 Å². The lowest BCUT2D eigenvalue weighted by molar-refractivity contribution is -0.126. The highest BCUT2D eigenvalue weighted by Gasteiger charge is 2.31. The third-order valence-electron chi connectivity index (χ3n) is 2.17. The fourth-order valence-electron chi connectivity index (χ4n) is 1.40. The van der Waals surface area contributed by atoms with E-state index in [0.717, 1.165) is 0 Å². The minimum absolute atomic E-state index is 0.0195. The summed E-state index contributed by atoms with van der Waals surface area (Å²) >= 11 is 0. The molecule has 12 heavy (non-hydrogen) atoms. The van der Waals surface area contributed by atoms with Crippen molar-refractivity contribution in [1.29, 1.82) is 0 Å². The largest absolute Gasteiger partial charge is 0.300 e. The van der Waals surface area contributed by atoms with E-state index in [1.165, 1.54) is 0 Å². The van der Waals surface area contributed by atoms with Gasteiger partial charge in [-0.05, 0) is 0 Å². The van der Waals surface area contributed by atoms with Crippen molar-refractivity contribution in [3.8, 4) is 0 Å². The molecule has 1 unspecified atom stereocenters. The van der Waals surface area contributed by atoms with Crippen LogP contribution in [0.25, 0.3) is 0 Å². The molecule has 0 aromatic carbocycles. The zero-order valence-electron chi connectivity index (χ0n) is 7.13. The monoisotopic (exact) mass is 168 g/mol. The van der Waals surface area contributed by atoms with Gasteiger partial charge in [-0.15, -0.1) is 0 Å². The van der Waals surface area contributed by atoms with Crippen LogP contribution in [0.15, 0.2) is 0 Å². The number of rotatable bonds is 3. The molecule has 0 amide bonds. The van der Waals surface area contributed by atoms with Gasteiger partial charge in [0.2, 0.25) is 0 Å². The molecule has 0 bridgehead atoms. The van der Waals surface area contributed by atoms with Gasteiger partial charge in [0.15, 0.2) is 0 Å². The molecule has 0 aromatic heterocycles. The van der Waals surface area contributed by atoms with Gasteiger partial charge >= 0.3 is 0 Å². The molecule has 0 heterocycles. The quantitative estimate of drug-likeness (QED) is 0.588. The van der Waals surface area contributed by atoms with Crippen molar-refractivity contribution < 1.29 is 14.4 Å². The van der Waals surface area contributed by atoms with Crippen molar-refractivity contribution in [2.75, 3.05) is 0 Å². The van der Waals surface area contributed by atoms with Crippen molar-refractivity contribution in [1.82, 2.24) is 0 Å². The summed E-state index contributed by atoms with van der Waals surface area (Å²) in [6.07, 6.45) is 1.05. The average molecular weight is 168 g/mol. The number of carbonyl (C=O) groups is 3. The van der Waals surface area contributed by atoms with Gasteiger partial charge in [-0.25, -0.2) is 0 Å². The van der Waals surface area contributed by atoms with Gasteiger partial charge in [-0.1, -0.05) is 6.92 Å². The Morgan fingerprint density at radius 2 is 2.17 bits per heavy atom. The van der Waals surface area contributed by atoms with Crippen LogP contribution in [0.2, 0.25) is 0 Å². The van der Waals surface area contributed by atoms with Gasteiger partial charge in [0.25, 0.3) is 0 Å². The number of carbonyl (C=O) groups excluding carboxylic acids is 3. The molecule has 1 rings (SSSR count). The Morgan fingerprint density at radius 3 is 2.58 bits per heavy atom. The SMILES string of the molecule is CCC(=O)CC1CC(=O)CC1=O. The van der Waals surface area contributed by atoms with Crippen molar-refractivity contribution in [2.24, 2.45) is 5.92 Å². The van der Waals surface area contributed by atoms with Gasteiger partial charge in [-0.3, -0.25) is 14.4 Å². The second-order valence-corrected chi connectivity index (χ2v) is 3.18. The fraction of sp³-hybridized carbons (Fsp3) is 0.667. The van der Waals surface area contributed by atoms with Crippen molar-refractivity contribution in [3.63, 3.8) is 0 Å². The normalized spacial score (nSPS) is 23.2. The van der Waals surface area contributed by atoms with Crippen LogP contribution in [0.4, 0.5) is 0 Å². The predicted molar refractivity (Wildman–Crippen MR) is 42.7 cm³/mol. The topological polar surface area (TPSA) is 51.2 Å². The third kappa shape index (κ3) is 2.00. The minimum Gasteiger partial charge on any atom is -0.300 e. The van der Waals surface area contributed by atoms with Crippen LogP contribution < -0.4 is 0 Å². The first kappa shape index (κ1) is 9.10. The van der Waals surface area contributed by atoms with E-state index in [-0.39, 0.29) is 42.5 Å². The molecule has 1 aliphatic rings. The van der Waals surface area contributed by atoms with E-state index in [9.17, 15) is 14.4 Å². The Hall–Kier alpha value is -0.990. The number of hydrogen-bond acceptors (Lipinski definition) is 3. The first-order chi connectivity index (χ1) is 5.63. The van der Waals surface area contributed by atoms with Gasteiger partial charge < -0.3 is 0 Å². The Kier molecular flexibility index (Phi) is 2.74. The van der Waals surface area contributed by atoms with Crippen LogP contribution >= 0.6 is 0 Å². The van der Waals surface area contributed by atoms with Crippen LogP contribution in [0.1, 0.15) is 32.6 Å². The van der Waals surface area contributed by atoms with Gasteiger partial charge in [0, 0.05) is 25.2 Å².